The van der Waals surface area contributed by atoms with Gasteiger partial charge >= 0.3 is 6.18 Å². The minimum absolute atomic E-state index is 0.300. The number of alkyl halides is 3. The first-order valence-corrected chi connectivity index (χ1v) is 4.94. The second-order valence-electron chi connectivity index (χ2n) is 3.76. The van der Waals surface area contributed by atoms with E-state index in [9.17, 15) is 22.0 Å². The molecule has 19 heavy (non-hydrogen) atoms. The molecule has 2 nitrogen and oxygen atoms in total. The van der Waals surface area contributed by atoms with Crippen LogP contribution in [0.15, 0.2) is 12.1 Å². The fraction of sp³-hybridized carbons (Fsp3) is 0.333. The van der Waals surface area contributed by atoms with E-state index in [0.29, 0.717) is 13.0 Å². The smallest absolute Gasteiger partial charge is 0.428 e. The quantitative estimate of drug-likeness (QED) is 0.633. The molecule has 0 bridgehead atoms. The molecule has 1 aromatic carbocycles. The van der Waals surface area contributed by atoms with Crippen LogP contribution < -0.4 is 4.74 Å². The van der Waals surface area contributed by atoms with Gasteiger partial charge in [-0.15, -0.1) is 0 Å². The Hall–Kier alpha value is -1.81. The van der Waals surface area contributed by atoms with E-state index in [0.717, 1.165) is 13.2 Å². The number of benzene rings is 1. The maximum Gasteiger partial charge on any atom is 0.428 e. The second kappa shape index (κ2) is 5.05. The average molecular weight is 280 g/mol. The number of halogens is 5. The van der Waals surface area contributed by atoms with Gasteiger partial charge in [-0.05, 0) is 19.1 Å². The molecule has 0 fully saturated rings. The molecule has 1 rings (SSSR count). The fourth-order valence-electron chi connectivity index (χ4n) is 1.09. The van der Waals surface area contributed by atoms with Crippen molar-refractivity contribution in [3.8, 4) is 17.6 Å². The summed E-state index contributed by atoms with van der Waals surface area (Å²) in [5.74, 6) is 0.278. The van der Waals surface area contributed by atoms with Crippen molar-refractivity contribution in [3.05, 3.63) is 29.3 Å². The van der Waals surface area contributed by atoms with Crippen molar-refractivity contribution in [2.45, 2.75) is 18.7 Å². The van der Waals surface area contributed by atoms with Gasteiger partial charge in [0.05, 0.1) is 12.7 Å². The fourth-order valence-corrected chi connectivity index (χ4v) is 1.09. The van der Waals surface area contributed by atoms with E-state index in [-0.39, 0.29) is 5.56 Å². The maximum absolute atomic E-state index is 13.3. The average Bonchev–Trinajstić information content (AvgIpc) is 2.29. The first-order chi connectivity index (χ1) is 8.60. The summed E-state index contributed by atoms with van der Waals surface area (Å²) in [4.78, 5) is 0. The molecule has 104 valence electrons. The molecule has 0 spiro atoms. The minimum Gasteiger partial charge on any atom is -0.492 e. The number of hydrogen-bond donors (Lipinski definition) is 1. The van der Waals surface area contributed by atoms with Gasteiger partial charge in [-0.2, -0.15) is 17.6 Å². The first kappa shape index (κ1) is 15.2. The lowest BCUT2D eigenvalue weighted by Gasteiger charge is -2.19. The lowest BCUT2D eigenvalue weighted by molar-refractivity contribution is -0.228. The molecule has 0 heterocycles. The third-order valence-corrected chi connectivity index (χ3v) is 2.25. The Morgan fingerprint density at radius 1 is 1.21 bits per heavy atom. The van der Waals surface area contributed by atoms with Crippen LogP contribution in [0, 0.1) is 23.5 Å². The topological polar surface area (TPSA) is 29.5 Å². The summed E-state index contributed by atoms with van der Waals surface area (Å²) < 4.78 is 67.7. The molecular formula is C12H9F5O2. The zero-order valence-electron chi connectivity index (χ0n) is 9.90. The van der Waals surface area contributed by atoms with Crippen molar-refractivity contribution in [2.24, 2.45) is 0 Å². The number of methoxy groups -OCH3 is 1. The van der Waals surface area contributed by atoms with Crippen LogP contribution in [0.2, 0.25) is 0 Å². The van der Waals surface area contributed by atoms with Gasteiger partial charge in [-0.1, -0.05) is 11.8 Å². The van der Waals surface area contributed by atoms with Crippen molar-refractivity contribution < 1.29 is 31.8 Å². The Kier molecular flexibility index (Phi) is 4.06. The molecule has 0 aliphatic heterocycles. The predicted molar refractivity (Wildman–Crippen MR) is 56.5 cm³/mol. The number of aliphatic hydroxyl groups is 1. The highest BCUT2D eigenvalue weighted by atomic mass is 19.4. The highest BCUT2D eigenvalue weighted by Crippen LogP contribution is 2.30. The van der Waals surface area contributed by atoms with Gasteiger partial charge in [-0.3, -0.25) is 0 Å². The Bertz CT molecular complexity index is 538. The molecule has 0 aliphatic rings. The third-order valence-electron chi connectivity index (χ3n) is 2.25. The van der Waals surface area contributed by atoms with E-state index in [4.69, 9.17) is 5.11 Å². The maximum atomic E-state index is 13.3. The Labute approximate surface area is 105 Å². The molecule has 1 atom stereocenters. The van der Waals surface area contributed by atoms with E-state index in [1.807, 2.05) is 5.92 Å². The lowest BCUT2D eigenvalue weighted by Crippen LogP contribution is -2.40. The second-order valence-corrected chi connectivity index (χ2v) is 3.76. The molecule has 1 aromatic rings. The van der Waals surface area contributed by atoms with E-state index in [1.165, 1.54) is 0 Å². The molecule has 0 radical (unpaired) electrons. The predicted octanol–water partition coefficient (Wildman–Crippen LogP) is 2.64. The monoisotopic (exact) mass is 280 g/mol. The van der Waals surface area contributed by atoms with E-state index >= 15 is 0 Å². The molecule has 0 saturated heterocycles. The van der Waals surface area contributed by atoms with Gasteiger partial charge in [0, 0.05) is 0 Å². The van der Waals surface area contributed by atoms with E-state index < -0.39 is 29.2 Å². The summed E-state index contributed by atoms with van der Waals surface area (Å²) in [5, 5.41) is 9.09. The van der Waals surface area contributed by atoms with Crippen LogP contribution in [-0.2, 0) is 0 Å². The molecule has 0 unspecified atom stereocenters. The van der Waals surface area contributed by atoms with Gasteiger partial charge in [0.1, 0.15) is 0 Å². The Morgan fingerprint density at radius 2 is 1.79 bits per heavy atom. The zero-order valence-corrected chi connectivity index (χ0v) is 9.90. The van der Waals surface area contributed by atoms with Gasteiger partial charge in [0.15, 0.2) is 11.6 Å². The van der Waals surface area contributed by atoms with Gasteiger partial charge < -0.3 is 9.84 Å². The molecular weight excluding hydrogens is 271 g/mol. The van der Waals surface area contributed by atoms with Crippen LogP contribution >= 0.6 is 0 Å². The van der Waals surface area contributed by atoms with E-state index in [2.05, 4.69) is 4.74 Å². The number of ether oxygens (including phenoxy) is 1. The molecule has 0 aromatic heterocycles. The van der Waals surface area contributed by atoms with Crippen LogP contribution in [0.25, 0.3) is 0 Å². The first-order valence-electron chi connectivity index (χ1n) is 4.94. The summed E-state index contributed by atoms with van der Waals surface area (Å²) in [7, 11) is 1.02. The summed E-state index contributed by atoms with van der Waals surface area (Å²) >= 11 is 0. The summed E-state index contributed by atoms with van der Waals surface area (Å²) in [6.07, 6.45) is -4.97. The van der Waals surface area contributed by atoms with Crippen molar-refractivity contribution >= 4 is 0 Å². The largest absolute Gasteiger partial charge is 0.492 e. The molecule has 0 aliphatic carbocycles. The van der Waals surface area contributed by atoms with Gasteiger partial charge in [-0.25, -0.2) is 4.39 Å². The van der Waals surface area contributed by atoms with Gasteiger partial charge in [0.25, 0.3) is 0 Å². The molecule has 0 saturated carbocycles. The number of rotatable bonds is 1. The zero-order chi connectivity index (χ0) is 14.8. The van der Waals surface area contributed by atoms with Crippen LogP contribution in [0.1, 0.15) is 12.5 Å². The normalized spacial score (nSPS) is 14.3. The summed E-state index contributed by atoms with van der Waals surface area (Å²) in [5.41, 5.74) is -3.56. The molecule has 0 amide bonds. The van der Waals surface area contributed by atoms with Crippen LogP contribution in [0.4, 0.5) is 22.0 Å². The van der Waals surface area contributed by atoms with Crippen LogP contribution in [-0.4, -0.2) is 24.0 Å². The highest BCUT2D eigenvalue weighted by molar-refractivity contribution is 5.48. The lowest BCUT2D eigenvalue weighted by atomic mass is 10.1. The van der Waals surface area contributed by atoms with Crippen molar-refractivity contribution in [2.75, 3.05) is 7.11 Å². The minimum atomic E-state index is -4.97. The summed E-state index contributed by atoms with van der Waals surface area (Å²) in [6, 6.07) is 1.65. The van der Waals surface area contributed by atoms with Crippen molar-refractivity contribution in [3.63, 3.8) is 0 Å². The van der Waals surface area contributed by atoms with Crippen LogP contribution in [0.5, 0.6) is 5.75 Å². The Morgan fingerprint density at radius 3 is 2.26 bits per heavy atom. The Balaban J connectivity index is 3.26. The van der Waals surface area contributed by atoms with Crippen molar-refractivity contribution in [1.82, 2.24) is 0 Å². The van der Waals surface area contributed by atoms with Gasteiger partial charge in [0.2, 0.25) is 11.4 Å². The van der Waals surface area contributed by atoms with Crippen LogP contribution in [0.3, 0.4) is 0 Å². The highest BCUT2D eigenvalue weighted by Gasteiger charge is 2.49. The van der Waals surface area contributed by atoms with Crippen molar-refractivity contribution in [1.29, 1.82) is 0 Å². The molecule has 1 N–H and O–H groups in total. The van der Waals surface area contributed by atoms with E-state index in [1.54, 1.807) is 5.92 Å². The molecule has 7 heteroatoms. The summed E-state index contributed by atoms with van der Waals surface area (Å²) in [6.45, 7) is 0.451. The third kappa shape index (κ3) is 3.15. The SMILES string of the molecule is COc1c(C#C[C@@](C)(O)C(F)(F)F)ccc(F)c1F. The number of hydrogen-bond acceptors (Lipinski definition) is 2. The standard InChI is InChI=1S/C12H9F5O2/c1-11(18,12(15,16)17)6-5-7-3-4-8(13)9(14)10(7)19-2/h3-4,18H,1-2H3/t11-/m1/s1.